The van der Waals surface area contributed by atoms with E-state index in [0.717, 1.165) is 4.90 Å². The molecule has 1 amide bonds. The molecule has 2 rings (SSSR count). The van der Waals surface area contributed by atoms with Crippen molar-refractivity contribution in [1.82, 2.24) is 4.90 Å². The summed E-state index contributed by atoms with van der Waals surface area (Å²) in [6.07, 6.45) is 0.648. The Kier molecular flexibility index (Phi) is 5.18. The van der Waals surface area contributed by atoms with Crippen molar-refractivity contribution in [3.63, 3.8) is 0 Å². The molecule has 0 bridgehead atoms. The average Bonchev–Trinajstić information content (AvgIpc) is 2.53. The summed E-state index contributed by atoms with van der Waals surface area (Å²) in [4.78, 5) is 59.8. The first-order valence-electron chi connectivity index (χ1n) is 7.47. The third-order valence-electron chi connectivity index (χ3n) is 3.77. The summed E-state index contributed by atoms with van der Waals surface area (Å²) in [5.74, 6) is -3.82. The lowest BCUT2D eigenvalue weighted by Gasteiger charge is -2.29. The monoisotopic (exact) mass is 332 g/mol. The minimum atomic E-state index is -1.32. The van der Waals surface area contributed by atoms with Gasteiger partial charge < -0.3 is 4.90 Å². The molecule has 24 heavy (non-hydrogen) atoms. The number of nitro groups is 1. The molecule has 1 aromatic rings. The SMILES string of the molecule is CCCC(=O)C1C(=O)CN(C(=O)c2ccccc2[N+](=O)[O-])CC1=O. The summed E-state index contributed by atoms with van der Waals surface area (Å²) >= 11 is 0. The molecule has 1 aliphatic rings. The van der Waals surface area contributed by atoms with E-state index in [0.29, 0.717) is 6.42 Å². The molecule has 1 aromatic carbocycles. The number of likely N-dealkylation sites (tertiary alicyclic amines) is 1. The number of benzene rings is 1. The molecule has 8 heteroatoms. The van der Waals surface area contributed by atoms with Gasteiger partial charge in [-0.2, -0.15) is 0 Å². The van der Waals surface area contributed by atoms with Crippen LogP contribution < -0.4 is 0 Å². The summed E-state index contributed by atoms with van der Waals surface area (Å²) in [6.45, 7) is 0.952. The molecule has 0 radical (unpaired) electrons. The number of rotatable bonds is 5. The van der Waals surface area contributed by atoms with E-state index in [9.17, 15) is 29.3 Å². The zero-order chi connectivity index (χ0) is 17.9. The van der Waals surface area contributed by atoms with E-state index in [2.05, 4.69) is 0 Å². The summed E-state index contributed by atoms with van der Waals surface area (Å²) in [5.41, 5.74) is -0.590. The molecular weight excluding hydrogens is 316 g/mol. The van der Waals surface area contributed by atoms with Crippen molar-refractivity contribution in [2.24, 2.45) is 5.92 Å². The van der Waals surface area contributed by atoms with Crippen molar-refractivity contribution in [3.05, 3.63) is 39.9 Å². The molecule has 8 nitrogen and oxygen atoms in total. The van der Waals surface area contributed by atoms with Crippen molar-refractivity contribution in [3.8, 4) is 0 Å². The Bertz CT molecular complexity index is 709. The van der Waals surface area contributed by atoms with Gasteiger partial charge in [0.25, 0.3) is 11.6 Å². The van der Waals surface area contributed by atoms with Gasteiger partial charge in [-0.05, 0) is 12.5 Å². The summed E-state index contributed by atoms with van der Waals surface area (Å²) < 4.78 is 0. The van der Waals surface area contributed by atoms with Gasteiger partial charge in [0.1, 0.15) is 11.5 Å². The molecule has 1 fully saturated rings. The fourth-order valence-electron chi connectivity index (χ4n) is 2.67. The van der Waals surface area contributed by atoms with Gasteiger partial charge in [0.05, 0.1) is 18.0 Å². The van der Waals surface area contributed by atoms with Gasteiger partial charge >= 0.3 is 0 Å². The Morgan fingerprint density at radius 1 is 1.21 bits per heavy atom. The first-order valence-corrected chi connectivity index (χ1v) is 7.47. The minimum Gasteiger partial charge on any atom is -0.324 e. The van der Waals surface area contributed by atoms with Crippen LogP contribution in [0.1, 0.15) is 30.1 Å². The Morgan fingerprint density at radius 3 is 2.33 bits per heavy atom. The molecule has 0 atom stereocenters. The lowest BCUT2D eigenvalue weighted by molar-refractivity contribution is -0.385. The number of amides is 1. The lowest BCUT2D eigenvalue weighted by atomic mass is 9.88. The number of carbonyl (C=O) groups is 4. The summed E-state index contributed by atoms with van der Waals surface area (Å²) in [5, 5.41) is 11.0. The van der Waals surface area contributed by atoms with Crippen LogP contribution in [0.3, 0.4) is 0 Å². The number of piperidine rings is 1. The first kappa shape index (κ1) is 17.5. The molecule has 0 aliphatic carbocycles. The van der Waals surface area contributed by atoms with Gasteiger partial charge in [0.2, 0.25) is 0 Å². The maximum absolute atomic E-state index is 12.5. The Labute approximate surface area is 137 Å². The third kappa shape index (κ3) is 3.37. The van der Waals surface area contributed by atoms with E-state index < -0.39 is 52.9 Å². The van der Waals surface area contributed by atoms with Gasteiger partial charge in [-0.25, -0.2) is 0 Å². The number of carbonyl (C=O) groups excluding carboxylic acids is 4. The van der Waals surface area contributed by atoms with Crippen LogP contribution in [0.15, 0.2) is 24.3 Å². The quantitative estimate of drug-likeness (QED) is 0.454. The highest BCUT2D eigenvalue weighted by molar-refractivity contribution is 6.23. The number of ketones is 3. The highest BCUT2D eigenvalue weighted by atomic mass is 16.6. The van der Waals surface area contributed by atoms with E-state index in [-0.39, 0.29) is 12.0 Å². The van der Waals surface area contributed by atoms with Crippen LogP contribution in [-0.4, -0.2) is 46.2 Å². The highest BCUT2D eigenvalue weighted by Crippen LogP contribution is 2.22. The number of hydrogen-bond donors (Lipinski definition) is 0. The number of Topliss-reactive ketones (excluding diaryl/α,β-unsaturated/α-hetero) is 3. The molecule has 0 aromatic heterocycles. The van der Waals surface area contributed by atoms with Crippen molar-refractivity contribution < 1.29 is 24.1 Å². The fraction of sp³-hybridized carbons (Fsp3) is 0.375. The Balaban J connectivity index is 2.23. The maximum atomic E-state index is 12.5. The lowest BCUT2D eigenvalue weighted by Crippen LogP contribution is -2.52. The molecule has 1 aliphatic heterocycles. The number of para-hydroxylation sites is 1. The van der Waals surface area contributed by atoms with Crippen LogP contribution in [0.4, 0.5) is 5.69 Å². The fourth-order valence-corrected chi connectivity index (χ4v) is 2.67. The normalized spacial score (nSPS) is 15.5. The standard InChI is InChI=1S/C16H16N2O6/c1-2-5-12(19)15-13(20)8-17(9-14(15)21)16(22)10-6-3-4-7-11(10)18(23)24/h3-4,6-7,15H,2,5,8-9H2,1H3. The Morgan fingerprint density at radius 2 is 1.79 bits per heavy atom. The van der Waals surface area contributed by atoms with Gasteiger partial charge in [0.15, 0.2) is 17.3 Å². The number of nitro benzene ring substituents is 1. The molecule has 0 spiro atoms. The van der Waals surface area contributed by atoms with Crippen LogP contribution >= 0.6 is 0 Å². The zero-order valence-corrected chi connectivity index (χ0v) is 13.1. The summed E-state index contributed by atoms with van der Waals surface area (Å²) in [6, 6.07) is 5.32. The largest absolute Gasteiger partial charge is 0.324 e. The van der Waals surface area contributed by atoms with Gasteiger partial charge in [-0.1, -0.05) is 19.1 Å². The zero-order valence-electron chi connectivity index (χ0n) is 13.1. The third-order valence-corrected chi connectivity index (χ3v) is 3.77. The van der Waals surface area contributed by atoms with Crippen molar-refractivity contribution in [2.75, 3.05) is 13.1 Å². The predicted molar refractivity (Wildman–Crippen MR) is 82.4 cm³/mol. The highest BCUT2D eigenvalue weighted by Gasteiger charge is 2.41. The van der Waals surface area contributed by atoms with Crippen LogP contribution in [-0.2, 0) is 14.4 Å². The van der Waals surface area contributed by atoms with Crippen LogP contribution in [0, 0.1) is 16.0 Å². The molecule has 126 valence electrons. The second-order valence-corrected chi connectivity index (χ2v) is 5.52. The van der Waals surface area contributed by atoms with E-state index in [1.807, 2.05) is 0 Å². The second-order valence-electron chi connectivity index (χ2n) is 5.52. The topological polar surface area (TPSA) is 115 Å². The molecule has 1 heterocycles. The molecule has 0 saturated carbocycles. The second kappa shape index (κ2) is 7.12. The van der Waals surface area contributed by atoms with Gasteiger partial charge in [-0.15, -0.1) is 0 Å². The van der Waals surface area contributed by atoms with E-state index >= 15 is 0 Å². The average molecular weight is 332 g/mol. The molecule has 0 unspecified atom stereocenters. The Hall–Kier alpha value is -2.90. The van der Waals surface area contributed by atoms with Gasteiger partial charge in [-0.3, -0.25) is 29.3 Å². The molecule has 0 N–H and O–H groups in total. The van der Waals surface area contributed by atoms with Gasteiger partial charge in [0, 0.05) is 12.5 Å². The maximum Gasteiger partial charge on any atom is 0.282 e. The number of hydrogen-bond acceptors (Lipinski definition) is 6. The van der Waals surface area contributed by atoms with Crippen molar-refractivity contribution >= 4 is 28.9 Å². The molecular formula is C16H16N2O6. The van der Waals surface area contributed by atoms with E-state index in [4.69, 9.17) is 0 Å². The van der Waals surface area contributed by atoms with Crippen LogP contribution in [0.5, 0.6) is 0 Å². The number of nitrogens with zero attached hydrogens (tertiary/aromatic N) is 2. The van der Waals surface area contributed by atoms with Crippen LogP contribution in [0.2, 0.25) is 0 Å². The van der Waals surface area contributed by atoms with Crippen molar-refractivity contribution in [2.45, 2.75) is 19.8 Å². The van der Waals surface area contributed by atoms with E-state index in [1.165, 1.54) is 24.3 Å². The minimum absolute atomic E-state index is 0.125. The van der Waals surface area contributed by atoms with E-state index in [1.54, 1.807) is 6.92 Å². The predicted octanol–water partition coefficient (Wildman–Crippen LogP) is 1.17. The molecule has 1 saturated heterocycles. The first-order chi connectivity index (χ1) is 11.4. The van der Waals surface area contributed by atoms with Crippen molar-refractivity contribution in [1.29, 1.82) is 0 Å². The smallest absolute Gasteiger partial charge is 0.282 e. The van der Waals surface area contributed by atoms with Crippen LogP contribution in [0.25, 0.3) is 0 Å². The summed E-state index contributed by atoms with van der Waals surface area (Å²) in [7, 11) is 0.